The predicted molar refractivity (Wildman–Crippen MR) is 97.2 cm³/mol. The van der Waals surface area contributed by atoms with Gasteiger partial charge in [0.2, 0.25) is 0 Å². The molecule has 5 nitrogen and oxygen atoms in total. The summed E-state index contributed by atoms with van der Waals surface area (Å²) in [4.78, 5) is 17.9. The van der Waals surface area contributed by atoms with Crippen LogP contribution in [0.3, 0.4) is 0 Å². The number of hydrogen-bond donors (Lipinski definition) is 1. The van der Waals surface area contributed by atoms with Gasteiger partial charge in [0.25, 0.3) is 0 Å². The number of aliphatic carboxylic acids is 1. The molecular weight excluding hydrogens is 390 g/mol. The average Bonchev–Trinajstić information content (AvgIpc) is 2.67. The molecule has 0 fully saturated rings. The van der Waals surface area contributed by atoms with Gasteiger partial charge in [-0.3, -0.25) is 9.97 Å². The molecule has 0 bridgehead atoms. The Hall–Kier alpha value is -3.54. The highest BCUT2D eigenvalue weighted by molar-refractivity contribution is 5.91. The molecule has 29 heavy (non-hydrogen) atoms. The first kappa shape index (κ1) is 21.8. The minimum Gasteiger partial charge on any atom is -0.475 e. The Morgan fingerprint density at radius 2 is 1.90 bits per heavy atom. The lowest BCUT2D eigenvalue weighted by Gasteiger charge is -2.09. The number of carbonyl (C=O) groups is 1. The van der Waals surface area contributed by atoms with Gasteiger partial charge in [0.1, 0.15) is 5.82 Å². The van der Waals surface area contributed by atoms with Crippen LogP contribution in [-0.2, 0) is 11.2 Å². The molecule has 0 atom stereocenters. The van der Waals surface area contributed by atoms with Crippen molar-refractivity contribution < 1.29 is 27.5 Å². The van der Waals surface area contributed by atoms with Gasteiger partial charge in [0.15, 0.2) is 0 Å². The number of aryl methyl sites for hydroxylation is 1. The maximum atomic E-state index is 13.5. The molecule has 0 spiro atoms. The van der Waals surface area contributed by atoms with E-state index in [2.05, 4.69) is 16.0 Å². The van der Waals surface area contributed by atoms with Crippen LogP contribution in [0, 0.1) is 17.1 Å². The van der Waals surface area contributed by atoms with Gasteiger partial charge < -0.3 is 5.11 Å². The van der Waals surface area contributed by atoms with Crippen LogP contribution in [0.4, 0.5) is 17.6 Å². The first-order valence-corrected chi connectivity index (χ1v) is 8.40. The SMILES string of the molecule is N#CCCCc1cc2cccnc2c(-c2cccc(F)c2)n1.O=C(O)C(F)(F)F. The number of nitriles is 1. The summed E-state index contributed by atoms with van der Waals surface area (Å²) in [6.45, 7) is 0. The van der Waals surface area contributed by atoms with E-state index in [0.717, 1.165) is 29.4 Å². The third-order valence-corrected chi connectivity index (χ3v) is 3.70. The van der Waals surface area contributed by atoms with Crippen molar-refractivity contribution in [2.24, 2.45) is 0 Å². The molecule has 0 aliphatic carbocycles. The summed E-state index contributed by atoms with van der Waals surface area (Å²) in [7, 11) is 0. The van der Waals surface area contributed by atoms with Gasteiger partial charge in [-0.2, -0.15) is 18.4 Å². The standard InChI is InChI=1S/C18H14FN3.C2HF3O2/c19-15-7-3-5-13(11-15)18-17-14(6-4-10-21-17)12-16(22-18)8-1-2-9-20;3-2(4,5)1(6)7/h3-7,10-12H,1-2,8H2;(H,6,7). The number of unbranched alkanes of at least 4 members (excludes halogenated alkanes) is 1. The number of hydrogen-bond acceptors (Lipinski definition) is 4. The molecule has 3 rings (SSSR count). The van der Waals surface area contributed by atoms with E-state index in [4.69, 9.17) is 15.2 Å². The molecule has 0 saturated carbocycles. The number of fused-ring (bicyclic) bond motifs is 1. The molecule has 0 aliphatic rings. The van der Waals surface area contributed by atoms with Gasteiger partial charge in [-0.1, -0.05) is 18.2 Å². The zero-order valence-electron chi connectivity index (χ0n) is 14.9. The molecule has 1 aromatic carbocycles. The largest absolute Gasteiger partial charge is 0.490 e. The number of nitrogens with zero attached hydrogens (tertiary/aromatic N) is 3. The maximum Gasteiger partial charge on any atom is 0.490 e. The normalized spacial score (nSPS) is 10.7. The van der Waals surface area contributed by atoms with E-state index in [0.29, 0.717) is 17.7 Å². The van der Waals surface area contributed by atoms with E-state index < -0.39 is 12.1 Å². The van der Waals surface area contributed by atoms with E-state index in [9.17, 15) is 17.6 Å². The predicted octanol–water partition coefficient (Wildman–Crippen LogP) is 4.92. The van der Waals surface area contributed by atoms with Crippen molar-refractivity contribution in [3.05, 3.63) is 60.2 Å². The second-order valence-corrected chi connectivity index (χ2v) is 5.86. The number of pyridine rings is 2. The number of benzene rings is 1. The molecule has 0 unspecified atom stereocenters. The summed E-state index contributed by atoms with van der Waals surface area (Å²) in [5, 5.41) is 16.8. The van der Waals surface area contributed by atoms with Crippen molar-refractivity contribution in [3.63, 3.8) is 0 Å². The van der Waals surface area contributed by atoms with Gasteiger partial charge in [0.05, 0.1) is 17.3 Å². The first-order chi connectivity index (χ1) is 13.7. The highest BCUT2D eigenvalue weighted by Crippen LogP contribution is 2.27. The summed E-state index contributed by atoms with van der Waals surface area (Å²) in [5.41, 5.74) is 3.06. The average molecular weight is 405 g/mol. The Balaban J connectivity index is 0.000000370. The van der Waals surface area contributed by atoms with Crippen LogP contribution in [0.2, 0.25) is 0 Å². The van der Waals surface area contributed by atoms with Gasteiger partial charge in [0, 0.05) is 29.3 Å². The summed E-state index contributed by atoms with van der Waals surface area (Å²) in [5.74, 6) is -3.05. The number of rotatable bonds is 4. The molecule has 0 radical (unpaired) electrons. The monoisotopic (exact) mass is 405 g/mol. The zero-order chi connectivity index (χ0) is 21.4. The summed E-state index contributed by atoms with van der Waals surface area (Å²) in [6, 6.07) is 14.4. The minimum atomic E-state index is -5.08. The van der Waals surface area contributed by atoms with Gasteiger partial charge in [-0.15, -0.1) is 0 Å². The van der Waals surface area contributed by atoms with Crippen LogP contribution in [0.5, 0.6) is 0 Å². The number of halogens is 4. The van der Waals surface area contributed by atoms with E-state index in [1.54, 1.807) is 12.3 Å². The third kappa shape index (κ3) is 6.24. The molecule has 0 amide bonds. The lowest BCUT2D eigenvalue weighted by atomic mass is 10.1. The lowest BCUT2D eigenvalue weighted by Crippen LogP contribution is -2.21. The fourth-order valence-electron chi connectivity index (χ4n) is 2.45. The van der Waals surface area contributed by atoms with Crippen molar-refractivity contribution >= 4 is 16.9 Å². The minimum absolute atomic E-state index is 0.293. The highest BCUT2D eigenvalue weighted by Gasteiger charge is 2.38. The number of carboxylic acids is 1. The first-order valence-electron chi connectivity index (χ1n) is 8.40. The van der Waals surface area contributed by atoms with E-state index >= 15 is 0 Å². The fraction of sp³-hybridized carbons (Fsp3) is 0.200. The van der Waals surface area contributed by atoms with Gasteiger partial charge >= 0.3 is 12.1 Å². The van der Waals surface area contributed by atoms with Crippen LogP contribution in [0.15, 0.2) is 48.7 Å². The quantitative estimate of drug-likeness (QED) is 0.492. The lowest BCUT2D eigenvalue weighted by molar-refractivity contribution is -0.192. The van der Waals surface area contributed by atoms with E-state index in [-0.39, 0.29) is 5.82 Å². The molecule has 150 valence electrons. The Morgan fingerprint density at radius 3 is 2.52 bits per heavy atom. The van der Waals surface area contributed by atoms with Crippen LogP contribution in [-0.4, -0.2) is 27.2 Å². The van der Waals surface area contributed by atoms with Crippen LogP contribution < -0.4 is 0 Å². The smallest absolute Gasteiger partial charge is 0.475 e. The molecule has 2 aromatic heterocycles. The molecule has 2 heterocycles. The van der Waals surface area contributed by atoms with Crippen molar-refractivity contribution in [1.29, 1.82) is 5.26 Å². The topological polar surface area (TPSA) is 86.9 Å². The molecular formula is C20H15F4N3O2. The molecule has 0 saturated heterocycles. The fourth-order valence-corrected chi connectivity index (χ4v) is 2.45. The Morgan fingerprint density at radius 1 is 1.17 bits per heavy atom. The number of alkyl halides is 3. The number of carboxylic acid groups (broad SMARTS) is 1. The summed E-state index contributed by atoms with van der Waals surface area (Å²) < 4.78 is 45.3. The van der Waals surface area contributed by atoms with Crippen molar-refractivity contribution in [1.82, 2.24) is 9.97 Å². The summed E-state index contributed by atoms with van der Waals surface area (Å²) in [6.07, 6.45) is -1.39. The van der Waals surface area contributed by atoms with E-state index in [1.165, 1.54) is 12.1 Å². The molecule has 3 aromatic rings. The van der Waals surface area contributed by atoms with Crippen molar-refractivity contribution in [3.8, 4) is 17.3 Å². The second kappa shape index (κ2) is 9.59. The third-order valence-electron chi connectivity index (χ3n) is 3.70. The highest BCUT2D eigenvalue weighted by atomic mass is 19.4. The molecule has 9 heteroatoms. The van der Waals surface area contributed by atoms with Crippen LogP contribution in [0.25, 0.3) is 22.2 Å². The molecule has 0 aliphatic heterocycles. The van der Waals surface area contributed by atoms with Crippen LogP contribution >= 0.6 is 0 Å². The van der Waals surface area contributed by atoms with Crippen molar-refractivity contribution in [2.45, 2.75) is 25.4 Å². The second-order valence-electron chi connectivity index (χ2n) is 5.86. The Labute approximate surface area is 163 Å². The number of aromatic nitrogens is 2. The Bertz CT molecular complexity index is 1050. The van der Waals surface area contributed by atoms with Gasteiger partial charge in [-0.25, -0.2) is 9.18 Å². The van der Waals surface area contributed by atoms with Crippen molar-refractivity contribution in [2.75, 3.05) is 0 Å². The maximum absolute atomic E-state index is 13.5. The van der Waals surface area contributed by atoms with Crippen LogP contribution in [0.1, 0.15) is 18.5 Å². The molecule has 1 N–H and O–H groups in total. The Kier molecular flexibility index (Phi) is 7.20. The summed E-state index contributed by atoms with van der Waals surface area (Å²) >= 11 is 0. The van der Waals surface area contributed by atoms with E-state index in [1.807, 2.05) is 24.3 Å². The zero-order valence-corrected chi connectivity index (χ0v) is 14.9. The van der Waals surface area contributed by atoms with Gasteiger partial charge in [-0.05, 0) is 37.1 Å².